The van der Waals surface area contributed by atoms with E-state index in [9.17, 15) is 14.0 Å². The number of carbonyl (C=O) groups excluding carboxylic acids is 2. The van der Waals surface area contributed by atoms with Crippen molar-refractivity contribution in [2.24, 2.45) is 0 Å². The number of carbonyl (C=O) groups is 2. The van der Waals surface area contributed by atoms with Gasteiger partial charge in [0.15, 0.2) is 0 Å². The Labute approximate surface area is 213 Å². The van der Waals surface area contributed by atoms with Crippen molar-refractivity contribution in [2.75, 3.05) is 13.1 Å². The lowest BCUT2D eigenvalue weighted by Crippen LogP contribution is -2.41. The summed E-state index contributed by atoms with van der Waals surface area (Å²) in [5, 5.41) is 4.19. The van der Waals surface area contributed by atoms with Gasteiger partial charge in [-0.3, -0.25) is 9.59 Å². The Hall–Kier alpha value is -3.77. The predicted octanol–water partition coefficient (Wildman–Crippen LogP) is 7.07. The number of benzene rings is 1. The van der Waals surface area contributed by atoms with Crippen molar-refractivity contribution >= 4 is 34.8 Å². The average molecular weight is 491 g/mol. The van der Waals surface area contributed by atoms with E-state index in [0.29, 0.717) is 11.5 Å². The maximum atomic E-state index is 14.3. The molecular formula is C30H35FN2O3. The lowest BCUT2D eigenvalue weighted by atomic mass is 10.0. The van der Waals surface area contributed by atoms with Crippen LogP contribution < -0.4 is 5.32 Å². The summed E-state index contributed by atoms with van der Waals surface area (Å²) in [6, 6.07) is 5.69. The standard InChI is InChI=1S/C30H35FN2O3/c1-8-12-14-24(21(6)31)27(10-3)33(19-20(5)34)30(35)18-32-22(7)23-15-16-29-26(17-23)25(13-9-2)28(11-4)36-29/h8-17,22,32H,4,6,18-19H2,1-3,5,7H3/b12-8-,13-9-,24-14+,27-10-. The molecule has 0 saturated carbocycles. The molecule has 0 aliphatic carbocycles. The number of nitrogens with one attached hydrogen (secondary N) is 1. The van der Waals surface area contributed by atoms with E-state index in [0.717, 1.165) is 22.1 Å². The lowest BCUT2D eigenvalue weighted by Gasteiger charge is -2.26. The van der Waals surface area contributed by atoms with Crippen LogP contribution in [-0.4, -0.2) is 29.7 Å². The summed E-state index contributed by atoms with van der Waals surface area (Å²) in [6.45, 7) is 15.8. The fraction of sp³-hybridized carbons (Fsp3) is 0.267. The second-order valence-corrected chi connectivity index (χ2v) is 8.31. The Morgan fingerprint density at radius 1 is 1.22 bits per heavy atom. The van der Waals surface area contributed by atoms with Crippen molar-refractivity contribution in [1.29, 1.82) is 0 Å². The molecular weight excluding hydrogens is 455 g/mol. The van der Waals surface area contributed by atoms with Crippen molar-refractivity contribution in [3.63, 3.8) is 0 Å². The molecule has 1 amide bonds. The zero-order valence-corrected chi connectivity index (χ0v) is 21.7. The molecule has 190 valence electrons. The summed E-state index contributed by atoms with van der Waals surface area (Å²) in [7, 11) is 0. The first-order chi connectivity index (χ1) is 17.2. The van der Waals surface area contributed by atoms with Crippen LogP contribution in [0.5, 0.6) is 0 Å². The minimum Gasteiger partial charge on any atom is -0.456 e. The average Bonchev–Trinajstić information content (AvgIpc) is 3.20. The number of ketones is 1. The van der Waals surface area contributed by atoms with Gasteiger partial charge in [-0.2, -0.15) is 0 Å². The molecule has 2 aromatic rings. The number of amides is 1. The number of nitrogens with zero attached hydrogens (tertiary/aromatic N) is 1. The highest BCUT2D eigenvalue weighted by Gasteiger charge is 2.24. The van der Waals surface area contributed by atoms with Crippen molar-refractivity contribution in [1.82, 2.24) is 10.2 Å². The van der Waals surface area contributed by atoms with Crippen LogP contribution in [0.15, 0.2) is 83.3 Å². The van der Waals surface area contributed by atoms with Gasteiger partial charge < -0.3 is 14.6 Å². The van der Waals surface area contributed by atoms with Crippen LogP contribution in [0.25, 0.3) is 23.1 Å². The Kier molecular flexibility index (Phi) is 10.6. The molecule has 2 rings (SSSR count). The number of hydrogen-bond acceptors (Lipinski definition) is 4. The highest BCUT2D eigenvalue weighted by molar-refractivity contribution is 5.91. The minimum atomic E-state index is -0.687. The number of halogens is 1. The van der Waals surface area contributed by atoms with Crippen LogP contribution in [-0.2, 0) is 9.59 Å². The molecule has 5 nitrogen and oxygen atoms in total. The third kappa shape index (κ3) is 6.89. The van der Waals surface area contributed by atoms with Crippen LogP contribution in [0.3, 0.4) is 0 Å². The maximum Gasteiger partial charge on any atom is 0.241 e. The second-order valence-electron chi connectivity index (χ2n) is 8.31. The van der Waals surface area contributed by atoms with Crippen molar-refractivity contribution in [2.45, 2.75) is 40.7 Å². The van der Waals surface area contributed by atoms with Crippen molar-refractivity contribution in [3.8, 4) is 0 Å². The molecule has 1 aromatic carbocycles. The number of rotatable bonds is 12. The van der Waals surface area contributed by atoms with E-state index in [1.54, 1.807) is 38.2 Å². The first-order valence-corrected chi connectivity index (χ1v) is 11.9. The van der Waals surface area contributed by atoms with Gasteiger partial charge in [0.05, 0.1) is 18.8 Å². The monoisotopic (exact) mass is 490 g/mol. The predicted molar refractivity (Wildman–Crippen MR) is 147 cm³/mol. The SMILES string of the molecule is C=Cc1oc2ccc(C(C)NCC(=O)N(CC(C)=O)C(=C\C)/C(=C/C=C\C)C(=C)F)cc2c1/C=C\C. The number of hydrogen-bond donors (Lipinski definition) is 1. The third-order valence-electron chi connectivity index (χ3n) is 5.63. The quantitative estimate of drug-likeness (QED) is 0.323. The smallest absolute Gasteiger partial charge is 0.241 e. The molecule has 0 radical (unpaired) electrons. The fourth-order valence-electron chi connectivity index (χ4n) is 3.86. The highest BCUT2D eigenvalue weighted by Crippen LogP contribution is 2.30. The van der Waals surface area contributed by atoms with Gasteiger partial charge in [-0.25, -0.2) is 4.39 Å². The molecule has 6 heteroatoms. The van der Waals surface area contributed by atoms with Gasteiger partial charge in [0.2, 0.25) is 5.91 Å². The first-order valence-electron chi connectivity index (χ1n) is 11.9. The Bertz CT molecular complexity index is 1260. The van der Waals surface area contributed by atoms with Crippen LogP contribution in [0.1, 0.15) is 57.5 Å². The van der Waals surface area contributed by atoms with Crippen LogP contribution in [0.2, 0.25) is 0 Å². The third-order valence-corrected chi connectivity index (χ3v) is 5.63. The van der Waals surface area contributed by atoms with Gasteiger partial charge >= 0.3 is 0 Å². The summed E-state index contributed by atoms with van der Waals surface area (Å²) >= 11 is 0. The largest absolute Gasteiger partial charge is 0.456 e. The molecule has 1 aromatic heterocycles. The number of fused-ring (bicyclic) bond motifs is 1. The van der Waals surface area contributed by atoms with E-state index in [2.05, 4.69) is 18.5 Å². The second kappa shape index (κ2) is 13.4. The van der Waals surface area contributed by atoms with Crippen molar-refractivity contribution < 1.29 is 18.4 Å². The molecule has 0 saturated heterocycles. The van der Waals surface area contributed by atoms with Gasteiger partial charge in [-0.15, -0.1) is 0 Å². The molecule has 36 heavy (non-hydrogen) atoms. The maximum absolute atomic E-state index is 14.3. The molecule has 0 aliphatic rings. The number of furan rings is 1. The zero-order valence-electron chi connectivity index (χ0n) is 21.7. The Morgan fingerprint density at radius 2 is 1.94 bits per heavy atom. The van der Waals surface area contributed by atoms with Crippen LogP contribution in [0, 0.1) is 0 Å². The van der Waals surface area contributed by atoms with Crippen molar-refractivity contribution in [3.05, 3.63) is 95.7 Å². The van der Waals surface area contributed by atoms with E-state index in [4.69, 9.17) is 4.42 Å². The van der Waals surface area contributed by atoms with E-state index >= 15 is 0 Å². The summed E-state index contributed by atoms with van der Waals surface area (Å²) in [5.41, 5.74) is 3.11. The Balaban J connectivity index is 2.30. The van der Waals surface area contributed by atoms with E-state index in [-0.39, 0.29) is 36.4 Å². The Morgan fingerprint density at radius 3 is 2.50 bits per heavy atom. The summed E-state index contributed by atoms with van der Waals surface area (Å²) in [4.78, 5) is 26.5. The zero-order chi connectivity index (χ0) is 26.8. The molecule has 1 heterocycles. The molecule has 0 aliphatic heterocycles. The fourth-order valence-corrected chi connectivity index (χ4v) is 3.86. The molecule has 0 fully saturated rings. The van der Waals surface area contributed by atoms with Crippen LogP contribution >= 0.6 is 0 Å². The van der Waals surface area contributed by atoms with Gasteiger partial charge in [0.25, 0.3) is 0 Å². The van der Waals surface area contributed by atoms with E-state index < -0.39 is 5.83 Å². The molecule has 0 spiro atoms. The van der Waals surface area contributed by atoms with E-state index in [1.807, 2.05) is 44.2 Å². The minimum absolute atomic E-state index is 0.0511. The van der Waals surface area contributed by atoms with E-state index in [1.165, 1.54) is 17.9 Å². The molecule has 1 N–H and O–H groups in total. The van der Waals surface area contributed by atoms with Gasteiger partial charge in [-0.05, 0) is 58.4 Å². The molecule has 1 unspecified atom stereocenters. The van der Waals surface area contributed by atoms with Gasteiger partial charge in [0.1, 0.15) is 23.0 Å². The summed E-state index contributed by atoms with van der Waals surface area (Å²) < 4.78 is 20.1. The van der Waals surface area contributed by atoms with Gasteiger partial charge in [0, 0.05) is 22.6 Å². The number of allylic oxidation sites excluding steroid dienone is 6. The summed E-state index contributed by atoms with van der Waals surface area (Å²) in [5.74, 6) is -0.560. The summed E-state index contributed by atoms with van der Waals surface area (Å²) in [6.07, 6.45) is 12.1. The number of Topliss-reactive ketones (excluding diaryl/α,β-unsaturated/α-hetero) is 1. The molecule has 0 bridgehead atoms. The highest BCUT2D eigenvalue weighted by atomic mass is 19.1. The lowest BCUT2D eigenvalue weighted by molar-refractivity contribution is -0.132. The van der Waals surface area contributed by atoms with Crippen LogP contribution in [0.4, 0.5) is 4.39 Å². The normalized spacial score (nSPS) is 13.5. The topological polar surface area (TPSA) is 62.6 Å². The molecule has 1 atom stereocenters. The first kappa shape index (κ1) is 28.5. The van der Waals surface area contributed by atoms with Gasteiger partial charge in [-0.1, -0.05) is 55.7 Å².